The van der Waals surface area contributed by atoms with Gasteiger partial charge >= 0.3 is 0 Å². The largest absolute Gasteiger partial charge is 0.496 e. The molecule has 106 valence electrons. The van der Waals surface area contributed by atoms with Crippen molar-refractivity contribution in [1.29, 1.82) is 0 Å². The second-order valence-electron chi connectivity index (χ2n) is 4.45. The van der Waals surface area contributed by atoms with E-state index in [1.807, 2.05) is 0 Å². The summed E-state index contributed by atoms with van der Waals surface area (Å²) in [6.45, 7) is 2.42. The molecule has 19 heavy (non-hydrogen) atoms. The second kappa shape index (κ2) is 6.25. The van der Waals surface area contributed by atoms with Gasteiger partial charge in [-0.25, -0.2) is 13.2 Å². The van der Waals surface area contributed by atoms with Crippen molar-refractivity contribution >= 4 is 0 Å². The smallest absolute Gasteiger partial charge is 0.258 e. The maximum absolute atomic E-state index is 13.4. The summed E-state index contributed by atoms with van der Waals surface area (Å²) in [4.78, 5) is 1.71. The van der Waals surface area contributed by atoms with Gasteiger partial charge in [-0.1, -0.05) is 6.07 Å². The van der Waals surface area contributed by atoms with Crippen molar-refractivity contribution in [3.8, 4) is 5.75 Å². The van der Waals surface area contributed by atoms with Crippen LogP contribution in [0.4, 0.5) is 13.2 Å². The Kier molecular flexibility index (Phi) is 4.66. The molecule has 0 aromatic heterocycles. The molecule has 1 saturated heterocycles. The normalized spacial score (nSPS) is 18.6. The number of benzene rings is 1. The number of ether oxygens (including phenoxy) is 1. The Morgan fingerprint density at radius 1 is 1.26 bits per heavy atom. The van der Waals surface area contributed by atoms with E-state index in [1.54, 1.807) is 4.90 Å². The fourth-order valence-electron chi connectivity index (χ4n) is 2.38. The van der Waals surface area contributed by atoms with E-state index in [4.69, 9.17) is 4.74 Å². The first-order valence-corrected chi connectivity index (χ1v) is 6.20. The third kappa shape index (κ3) is 3.19. The number of halogens is 3. The molecule has 0 bridgehead atoms. The van der Waals surface area contributed by atoms with Crippen LogP contribution in [-0.4, -0.2) is 44.6 Å². The van der Waals surface area contributed by atoms with E-state index < -0.39 is 18.3 Å². The molecule has 3 nitrogen and oxygen atoms in total. The summed E-state index contributed by atoms with van der Waals surface area (Å²) in [5, 5.41) is 3.12. The molecule has 0 saturated carbocycles. The SMILES string of the molecule is COc1cc(F)ccc1[C@@H](C(F)F)N1CCNCC1. The number of hydrogen-bond donors (Lipinski definition) is 1. The van der Waals surface area contributed by atoms with Gasteiger partial charge in [0, 0.05) is 37.8 Å². The van der Waals surface area contributed by atoms with Crippen LogP contribution < -0.4 is 10.1 Å². The van der Waals surface area contributed by atoms with Gasteiger partial charge in [-0.3, -0.25) is 4.90 Å². The van der Waals surface area contributed by atoms with Crippen molar-refractivity contribution in [2.75, 3.05) is 33.3 Å². The lowest BCUT2D eigenvalue weighted by molar-refractivity contribution is 0.0170. The zero-order valence-electron chi connectivity index (χ0n) is 10.7. The summed E-state index contributed by atoms with van der Waals surface area (Å²) in [5.41, 5.74) is 0.334. The Morgan fingerprint density at radius 2 is 1.95 bits per heavy atom. The summed E-state index contributed by atoms with van der Waals surface area (Å²) in [5.74, 6) is -0.322. The van der Waals surface area contributed by atoms with Gasteiger partial charge in [-0.2, -0.15) is 0 Å². The molecule has 1 heterocycles. The minimum Gasteiger partial charge on any atom is -0.496 e. The molecular formula is C13H17F3N2O. The Morgan fingerprint density at radius 3 is 2.53 bits per heavy atom. The highest BCUT2D eigenvalue weighted by Crippen LogP contribution is 2.34. The lowest BCUT2D eigenvalue weighted by atomic mass is 10.0. The molecule has 1 aliphatic heterocycles. The van der Waals surface area contributed by atoms with E-state index >= 15 is 0 Å². The first kappa shape index (κ1) is 14.1. The number of nitrogens with zero attached hydrogens (tertiary/aromatic N) is 1. The molecule has 1 aromatic rings. The Labute approximate surface area is 110 Å². The van der Waals surface area contributed by atoms with E-state index in [2.05, 4.69) is 5.32 Å². The molecule has 0 spiro atoms. The number of methoxy groups -OCH3 is 1. The fraction of sp³-hybridized carbons (Fsp3) is 0.538. The highest BCUT2D eigenvalue weighted by molar-refractivity contribution is 5.37. The highest BCUT2D eigenvalue weighted by atomic mass is 19.3. The number of hydrogen-bond acceptors (Lipinski definition) is 3. The number of piperazine rings is 1. The van der Waals surface area contributed by atoms with Crippen molar-refractivity contribution in [3.63, 3.8) is 0 Å². The van der Waals surface area contributed by atoms with Gasteiger partial charge in [-0.05, 0) is 6.07 Å². The fourth-order valence-corrected chi connectivity index (χ4v) is 2.38. The van der Waals surface area contributed by atoms with Crippen LogP contribution in [0.2, 0.25) is 0 Å². The van der Waals surface area contributed by atoms with Crippen molar-refractivity contribution in [3.05, 3.63) is 29.6 Å². The van der Waals surface area contributed by atoms with Gasteiger partial charge in [0.15, 0.2) is 0 Å². The minimum atomic E-state index is -2.54. The van der Waals surface area contributed by atoms with Crippen molar-refractivity contribution < 1.29 is 17.9 Å². The quantitative estimate of drug-likeness (QED) is 0.909. The molecule has 1 aliphatic rings. The van der Waals surface area contributed by atoms with E-state index in [1.165, 1.54) is 19.2 Å². The van der Waals surface area contributed by atoms with Gasteiger partial charge < -0.3 is 10.1 Å². The summed E-state index contributed by atoms with van der Waals surface area (Å²) in [7, 11) is 1.36. The van der Waals surface area contributed by atoms with Gasteiger partial charge in [-0.15, -0.1) is 0 Å². The van der Waals surface area contributed by atoms with Crippen molar-refractivity contribution in [1.82, 2.24) is 10.2 Å². The molecule has 1 N–H and O–H groups in total. The maximum atomic E-state index is 13.4. The zero-order valence-corrected chi connectivity index (χ0v) is 10.7. The predicted octanol–water partition coefficient (Wildman–Crippen LogP) is 2.05. The zero-order chi connectivity index (χ0) is 13.8. The standard InChI is InChI=1S/C13H17F3N2O/c1-19-11-8-9(14)2-3-10(11)12(13(15)16)18-6-4-17-5-7-18/h2-3,8,12-13,17H,4-7H2,1H3/t12-/m0/s1. The molecule has 1 fully saturated rings. The highest BCUT2D eigenvalue weighted by Gasteiger charge is 2.32. The Bertz CT molecular complexity index is 422. The average molecular weight is 274 g/mol. The molecule has 1 aromatic carbocycles. The van der Waals surface area contributed by atoms with Gasteiger partial charge in [0.1, 0.15) is 11.6 Å². The molecule has 2 rings (SSSR count). The van der Waals surface area contributed by atoms with Crippen LogP contribution in [0.1, 0.15) is 11.6 Å². The van der Waals surface area contributed by atoms with E-state index in [0.717, 1.165) is 6.07 Å². The molecule has 0 amide bonds. The summed E-state index contributed by atoms with van der Waals surface area (Å²) in [6, 6.07) is 2.66. The molecule has 1 atom stereocenters. The lowest BCUT2D eigenvalue weighted by Crippen LogP contribution is -2.47. The first-order valence-electron chi connectivity index (χ1n) is 6.20. The number of alkyl halides is 2. The molecule has 0 radical (unpaired) electrons. The van der Waals surface area contributed by atoms with Crippen LogP contribution >= 0.6 is 0 Å². The van der Waals surface area contributed by atoms with Crippen LogP contribution in [-0.2, 0) is 0 Å². The minimum absolute atomic E-state index is 0.170. The first-order chi connectivity index (χ1) is 9.13. The van der Waals surface area contributed by atoms with Crippen molar-refractivity contribution in [2.45, 2.75) is 12.5 Å². The van der Waals surface area contributed by atoms with Crippen LogP contribution in [0.15, 0.2) is 18.2 Å². The van der Waals surface area contributed by atoms with Crippen molar-refractivity contribution in [2.24, 2.45) is 0 Å². The summed E-state index contributed by atoms with van der Waals surface area (Å²) < 4.78 is 44.9. The average Bonchev–Trinajstić information content (AvgIpc) is 2.41. The van der Waals surface area contributed by atoms with E-state index in [-0.39, 0.29) is 5.75 Å². The molecule has 0 aliphatic carbocycles. The molecular weight excluding hydrogens is 257 g/mol. The third-order valence-electron chi connectivity index (χ3n) is 3.30. The lowest BCUT2D eigenvalue weighted by Gasteiger charge is -2.35. The predicted molar refractivity (Wildman–Crippen MR) is 66.1 cm³/mol. The maximum Gasteiger partial charge on any atom is 0.258 e. The molecule has 6 heteroatoms. The van der Waals surface area contributed by atoms with E-state index in [9.17, 15) is 13.2 Å². The number of nitrogens with one attached hydrogen (secondary N) is 1. The monoisotopic (exact) mass is 274 g/mol. The Hall–Kier alpha value is -1.27. The van der Waals surface area contributed by atoms with Crippen LogP contribution in [0, 0.1) is 5.82 Å². The van der Waals surface area contributed by atoms with E-state index in [0.29, 0.717) is 31.7 Å². The summed E-state index contributed by atoms with van der Waals surface area (Å²) in [6.07, 6.45) is -2.54. The van der Waals surface area contributed by atoms with Gasteiger partial charge in [0.25, 0.3) is 6.43 Å². The Balaban J connectivity index is 2.32. The molecule has 0 unspecified atom stereocenters. The van der Waals surface area contributed by atoms with Gasteiger partial charge in [0.2, 0.25) is 0 Å². The third-order valence-corrected chi connectivity index (χ3v) is 3.30. The second-order valence-corrected chi connectivity index (χ2v) is 4.45. The summed E-state index contributed by atoms with van der Waals surface area (Å²) >= 11 is 0. The number of rotatable bonds is 4. The van der Waals surface area contributed by atoms with Crippen LogP contribution in [0.5, 0.6) is 5.75 Å². The van der Waals surface area contributed by atoms with Crippen LogP contribution in [0.3, 0.4) is 0 Å². The topological polar surface area (TPSA) is 24.5 Å². The van der Waals surface area contributed by atoms with Crippen LogP contribution in [0.25, 0.3) is 0 Å². The van der Waals surface area contributed by atoms with Gasteiger partial charge in [0.05, 0.1) is 13.2 Å².